The molecule has 0 aliphatic rings. The van der Waals surface area contributed by atoms with Gasteiger partial charge in [0.2, 0.25) is 0 Å². The molecule has 4 heteroatoms. The standard InChI is InChI=1S/C12H15N3S/c1-7-4-8(2)11(9(3)5-7)10-6-16-12(14-10)15-13/h4-6H,13H2,1-3H3,(H,14,15). The van der Waals surface area contributed by atoms with Gasteiger partial charge in [-0.25, -0.2) is 10.8 Å². The molecular formula is C12H15N3S. The van der Waals surface area contributed by atoms with E-state index in [4.69, 9.17) is 5.84 Å². The molecule has 0 unspecified atom stereocenters. The molecule has 1 aromatic carbocycles. The van der Waals surface area contributed by atoms with Gasteiger partial charge in [-0.3, -0.25) is 5.43 Å². The molecule has 0 aliphatic carbocycles. The van der Waals surface area contributed by atoms with Gasteiger partial charge >= 0.3 is 0 Å². The maximum atomic E-state index is 5.34. The zero-order valence-corrected chi connectivity index (χ0v) is 10.5. The summed E-state index contributed by atoms with van der Waals surface area (Å²) in [7, 11) is 0. The second kappa shape index (κ2) is 4.23. The number of benzene rings is 1. The number of aromatic nitrogens is 1. The second-order valence-corrected chi connectivity index (χ2v) is 4.81. The molecule has 2 aromatic rings. The second-order valence-electron chi connectivity index (χ2n) is 3.96. The van der Waals surface area contributed by atoms with Crippen molar-refractivity contribution in [3.63, 3.8) is 0 Å². The third-order valence-corrected chi connectivity index (χ3v) is 3.33. The van der Waals surface area contributed by atoms with Crippen molar-refractivity contribution in [2.75, 3.05) is 5.43 Å². The highest BCUT2D eigenvalue weighted by Crippen LogP contribution is 2.30. The summed E-state index contributed by atoms with van der Waals surface area (Å²) < 4.78 is 0. The maximum Gasteiger partial charge on any atom is 0.197 e. The summed E-state index contributed by atoms with van der Waals surface area (Å²) in [6.07, 6.45) is 0. The zero-order chi connectivity index (χ0) is 11.7. The molecular weight excluding hydrogens is 218 g/mol. The van der Waals surface area contributed by atoms with Crippen LogP contribution in [0.3, 0.4) is 0 Å². The number of nitrogen functional groups attached to an aromatic ring is 1. The van der Waals surface area contributed by atoms with Gasteiger partial charge in [-0.05, 0) is 31.9 Å². The third-order valence-electron chi connectivity index (χ3n) is 2.56. The van der Waals surface area contributed by atoms with E-state index in [9.17, 15) is 0 Å². The smallest absolute Gasteiger partial charge is 0.197 e. The number of nitrogens with one attached hydrogen (secondary N) is 1. The van der Waals surface area contributed by atoms with E-state index in [1.807, 2.05) is 5.38 Å². The minimum absolute atomic E-state index is 0.745. The number of nitrogens with zero attached hydrogens (tertiary/aromatic N) is 1. The lowest BCUT2D eigenvalue weighted by atomic mass is 9.98. The van der Waals surface area contributed by atoms with Crippen LogP contribution in [0.2, 0.25) is 0 Å². The third kappa shape index (κ3) is 1.94. The Hall–Kier alpha value is -1.39. The predicted octanol–water partition coefficient (Wildman–Crippen LogP) is 3.02. The van der Waals surface area contributed by atoms with Crippen molar-refractivity contribution in [2.24, 2.45) is 5.84 Å². The summed E-state index contributed by atoms with van der Waals surface area (Å²) in [5.41, 5.74) is 8.58. The highest BCUT2D eigenvalue weighted by molar-refractivity contribution is 7.14. The van der Waals surface area contributed by atoms with Crippen LogP contribution in [-0.2, 0) is 0 Å². The van der Waals surface area contributed by atoms with Crippen LogP contribution in [0.15, 0.2) is 17.5 Å². The Labute approximate surface area is 99.3 Å². The molecule has 16 heavy (non-hydrogen) atoms. The minimum atomic E-state index is 0.745. The first-order valence-electron chi connectivity index (χ1n) is 5.12. The van der Waals surface area contributed by atoms with Crippen LogP contribution in [0.5, 0.6) is 0 Å². The highest BCUT2D eigenvalue weighted by Gasteiger charge is 2.09. The van der Waals surface area contributed by atoms with Gasteiger partial charge in [0, 0.05) is 10.9 Å². The van der Waals surface area contributed by atoms with Gasteiger partial charge < -0.3 is 0 Å². The first-order chi connectivity index (χ1) is 7.61. The minimum Gasteiger partial charge on any atom is -0.300 e. The van der Waals surface area contributed by atoms with E-state index in [0.29, 0.717) is 0 Å². The number of anilines is 1. The highest BCUT2D eigenvalue weighted by atomic mass is 32.1. The van der Waals surface area contributed by atoms with E-state index in [2.05, 4.69) is 43.3 Å². The van der Waals surface area contributed by atoms with Crippen LogP contribution in [0.25, 0.3) is 11.3 Å². The van der Waals surface area contributed by atoms with Crippen molar-refractivity contribution in [3.8, 4) is 11.3 Å². The Morgan fingerprint density at radius 3 is 2.31 bits per heavy atom. The molecule has 1 heterocycles. The summed E-state index contributed by atoms with van der Waals surface area (Å²) in [6.45, 7) is 6.34. The van der Waals surface area contributed by atoms with Gasteiger partial charge in [-0.2, -0.15) is 0 Å². The van der Waals surface area contributed by atoms with Crippen LogP contribution in [0.1, 0.15) is 16.7 Å². The zero-order valence-electron chi connectivity index (χ0n) is 9.66. The van der Waals surface area contributed by atoms with Crippen LogP contribution in [-0.4, -0.2) is 4.98 Å². The van der Waals surface area contributed by atoms with Gasteiger partial charge in [0.25, 0.3) is 0 Å². The van der Waals surface area contributed by atoms with Gasteiger partial charge in [-0.15, -0.1) is 11.3 Å². The van der Waals surface area contributed by atoms with Crippen molar-refractivity contribution in [1.82, 2.24) is 4.98 Å². The summed E-state index contributed by atoms with van der Waals surface area (Å²) in [5, 5.41) is 2.77. The fourth-order valence-corrected chi connectivity index (χ4v) is 2.65. The van der Waals surface area contributed by atoms with Crippen molar-refractivity contribution >= 4 is 16.5 Å². The van der Waals surface area contributed by atoms with Crippen LogP contribution < -0.4 is 11.3 Å². The number of hydrogen-bond donors (Lipinski definition) is 2. The molecule has 0 saturated heterocycles. The molecule has 2 rings (SSSR count). The number of hydrogen-bond acceptors (Lipinski definition) is 4. The molecule has 84 valence electrons. The quantitative estimate of drug-likeness (QED) is 0.619. The normalized spacial score (nSPS) is 10.5. The molecule has 0 aliphatic heterocycles. The Kier molecular flexibility index (Phi) is 2.94. The van der Waals surface area contributed by atoms with E-state index in [0.717, 1.165) is 10.8 Å². The molecule has 3 N–H and O–H groups in total. The van der Waals surface area contributed by atoms with Gasteiger partial charge in [-0.1, -0.05) is 17.7 Å². The first-order valence-corrected chi connectivity index (χ1v) is 6.00. The van der Waals surface area contributed by atoms with Crippen LogP contribution >= 0.6 is 11.3 Å². The van der Waals surface area contributed by atoms with E-state index >= 15 is 0 Å². The van der Waals surface area contributed by atoms with Crippen molar-refractivity contribution < 1.29 is 0 Å². The number of hydrazine groups is 1. The molecule has 0 spiro atoms. The number of aryl methyl sites for hydroxylation is 3. The Morgan fingerprint density at radius 1 is 1.19 bits per heavy atom. The fourth-order valence-electron chi connectivity index (χ4n) is 2.04. The van der Waals surface area contributed by atoms with Crippen LogP contribution in [0, 0.1) is 20.8 Å². The largest absolute Gasteiger partial charge is 0.300 e. The molecule has 0 bridgehead atoms. The van der Waals surface area contributed by atoms with E-state index in [1.54, 1.807) is 0 Å². The van der Waals surface area contributed by atoms with E-state index in [1.165, 1.54) is 33.6 Å². The maximum absolute atomic E-state index is 5.34. The fraction of sp³-hybridized carbons (Fsp3) is 0.250. The monoisotopic (exact) mass is 233 g/mol. The predicted molar refractivity (Wildman–Crippen MR) is 69.6 cm³/mol. The molecule has 3 nitrogen and oxygen atoms in total. The Morgan fingerprint density at radius 2 is 1.81 bits per heavy atom. The number of nitrogens with two attached hydrogens (primary N) is 1. The lowest BCUT2D eigenvalue weighted by molar-refractivity contribution is 1.26. The summed E-state index contributed by atoms with van der Waals surface area (Å²) in [6, 6.07) is 4.36. The lowest BCUT2D eigenvalue weighted by Gasteiger charge is -2.08. The summed E-state index contributed by atoms with van der Waals surface area (Å²) in [5.74, 6) is 5.34. The molecule has 0 saturated carbocycles. The topological polar surface area (TPSA) is 50.9 Å². The van der Waals surface area contributed by atoms with Crippen molar-refractivity contribution in [2.45, 2.75) is 20.8 Å². The van der Waals surface area contributed by atoms with Crippen LogP contribution in [0.4, 0.5) is 5.13 Å². The van der Waals surface area contributed by atoms with Crippen molar-refractivity contribution in [3.05, 3.63) is 34.2 Å². The van der Waals surface area contributed by atoms with E-state index < -0.39 is 0 Å². The summed E-state index contributed by atoms with van der Waals surface area (Å²) >= 11 is 1.52. The molecule has 0 radical (unpaired) electrons. The molecule has 0 fully saturated rings. The average molecular weight is 233 g/mol. The average Bonchev–Trinajstić information content (AvgIpc) is 2.64. The van der Waals surface area contributed by atoms with Gasteiger partial charge in [0.05, 0.1) is 5.69 Å². The Balaban J connectivity index is 2.55. The Bertz CT molecular complexity index is 494. The van der Waals surface area contributed by atoms with Gasteiger partial charge in [0.1, 0.15) is 0 Å². The molecule has 0 atom stereocenters. The lowest BCUT2D eigenvalue weighted by Crippen LogP contribution is -2.05. The van der Waals surface area contributed by atoms with Gasteiger partial charge in [0.15, 0.2) is 5.13 Å². The number of thiazole rings is 1. The van der Waals surface area contributed by atoms with E-state index in [-0.39, 0.29) is 0 Å². The number of rotatable bonds is 2. The first kappa shape index (κ1) is 11.1. The summed E-state index contributed by atoms with van der Waals surface area (Å²) in [4.78, 5) is 4.43. The SMILES string of the molecule is Cc1cc(C)c(-c2csc(NN)n2)c(C)c1. The molecule has 0 amide bonds. The van der Waals surface area contributed by atoms with Crippen molar-refractivity contribution in [1.29, 1.82) is 0 Å². The molecule has 1 aromatic heterocycles.